The van der Waals surface area contributed by atoms with E-state index in [2.05, 4.69) is 13.8 Å². The summed E-state index contributed by atoms with van der Waals surface area (Å²) in [7, 11) is 0. The van der Waals surface area contributed by atoms with Gasteiger partial charge in [0.2, 0.25) is 0 Å². The second kappa shape index (κ2) is 3.87. The summed E-state index contributed by atoms with van der Waals surface area (Å²) in [6, 6.07) is 0. The second-order valence-corrected chi connectivity index (χ2v) is 6.76. The summed E-state index contributed by atoms with van der Waals surface area (Å²) in [6.45, 7) is 7.80. The smallest absolute Gasteiger partial charge is 0.160 e. The molecule has 98 valence electrons. The maximum atomic E-state index is 12.2. The Bertz CT molecular complexity index is 470. The van der Waals surface area contributed by atoms with E-state index < -0.39 is 5.41 Å². The fraction of sp³-hybridized carbons (Fsp3) is 0.667. The highest BCUT2D eigenvalue weighted by Crippen LogP contribution is 2.57. The first-order valence-corrected chi connectivity index (χ1v) is 6.44. The molecule has 0 radical (unpaired) electrons. The van der Waals surface area contributed by atoms with Crippen LogP contribution in [0.25, 0.3) is 0 Å². The van der Waals surface area contributed by atoms with Crippen molar-refractivity contribution < 1.29 is 14.4 Å². The molecule has 18 heavy (non-hydrogen) atoms. The molecule has 2 aliphatic rings. The molecule has 0 heterocycles. The molecule has 3 nitrogen and oxygen atoms in total. The van der Waals surface area contributed by atoms with Gasteiger partial charge in [-0.15, -0.1) is 0 Å². The van der Waals surface area contributed by atoms with Crippen molar-refractivity contribution in [1.82, 2.24) is 0 Å². The van der Waals surface area contributed by atoms with Crippen molar-refractivity contribution in [1.29, 1.82) is 0 Å². The van der Waals surface area contributed by atoms with E-state index in [4.69, 9.17) is 0 Å². The lowest BCUT2D eigenvalue weighted by atomic mass is 9.56. The van der Waals surface area contributed by atoms with Gasteiger partial charge in [-0.05, 0) is 24.3 Å². The van der Waals surface area contributed by atoms with E-state index in [1.54, 1.807) is 6.92 Å². The van der Waals surface area contributed by atoms with E-state index in [0.717, 1.165) is 12.7 Å². The van der Waals surface area contributed by atoms with Crippen LogP contribution in [0, 0.1) is 16.7 Å². The molecule has 0 aromatic rings. The van der Waals surface area contributed by atoms with Crippen LogP contribution in [0.1, 0.15) is 47.0 Å². The van der Waals surface area contributed by atoms with Crippen molar-refractivity contribution >= 4 is 17.9 Å². The van der Waals surface area contributed by atoms with Gasteiger partial charge in [-0.3, -0.25) is 14.4 Å². The Hall–Kier alpha value is -1.25. The molecular formula is C15H20O3. The van der Waals surface area contributed by atoms with E-state index in [1.165, 1.54) is 0 Å². The van der Waals surface area contributed by atoms with E-state index in [0.29, 0.717) is 24.0 Å². The largest absolute Gasteiger partial charge is 0.299 e. The van der Waals surface area contributed by atoms with E-state index in [-0.39, 0.29) is 22.9 Å². The Morgan fingerprint density at radius 2 is 1.83 bits per heavy atom. The summed E-state index contributed by atoms with van der Waals surface area (Å²) >= 11 is 0. The minimum Gasteiger partial charge on any atom is -0.299 e. The molecule has 2 atom stereocenters. The SMILES string of the molecule is C/C(C=O)=C1\C(=O)C[C@]1(C)C1CC(C)(C)CC1=O. The summed E-state index contributed by atoms with van der Waals surface area (Å²) in [5.74, 6) is 0.168. The van der Waals surface area contributed by atoms with Crippen molar-refractivity contribution in [2.75, 3.05) is 0 Å². The predicted octanol–water partition coefficient (Wildman–Crippen LogP) is 2.49. The lowest BCUT2D eigenvalue weighted by molar-refractivity contribution is -0.131. The van der Waals surface area contributed by atoms with Crippen LogP contribution in [0.5, 0.6) is 0 Å². The Morgan fingerprint density at radius 3 is 2.22 bits per heavy atom. The van der Waals surface area contributed by atoms with Crippen molar-refractivity contribution in [2.45, 2.75) is 47.0 Å². The fourth-order valence-electron chi connectivity index (χ4n) is 3.66. The minimum absolute atomic E-state index is 0.0175. The van der Waals surface area contributed by atoms with Gasteiger partial charge in [-0.1, -0.05) is 20.8 Å². The Labute approximate surface area is 108 Å². The van der Waals surface area contributed by atoms with Crippen LogP contribution >= 0.6 is 0 Å². The molecule has 0 aromatic heterocycles. The summed E-state index contributed by atoms with van der Waals surface area (Å²) in [5.41, 5.74) is 0.691. The number of hydrogen-bond donors (Lipinski definition) is 0. The van der Waals surface area contributed by atoms with Gasteiger partial charge in [0.25, 0.3) is 0 Å². The fourth-order valence-corrected chi connectivity index (χ4v) is 3.66. The highest BCUT2D eigenvalue weighted by molar-refractivity contribution is 6.09. The highest BCUT2D eigenvalue weighted by Gasteiger charge is 2.56. The predicted molar refractivity (Wildman–Crippen MR) is 68.0 cm³/mol. The first kappa shape index (κ1) is 13.2. The number of carbonyl (C=O) groups excluding carboxylic acids is 3. The summed E-state index contributed by atoms with van der Waals surface area (Å²) in [4.78, 5) is 34.8. The molecule has 2 fully saturated rings. The van der Waals surface area contributed by atoms with Gasteiger partial charge < -0.3 is 0 Å². The summed E-state index contributed by atoms with van der Waals surface area (Å²) in [6.07, 6.45) is 2.52. The normalized spacial score (nSPS) is 37.4. The number of ketones is 2. The van der Waals surface area contributed by atoms with E-state index in [9.17, 15) is 14.4 Å². The van der Waals surface area contributed by atoms with Crippen LogP contribution < -0.4 is 0 Å². The lowest BCUT2D eigenvalue weighted by Crippen LogP contribution is -2.46. The molecule has 0 aliphatic heterocycles. The van der Waals surface area contributed by atoms with Crippen molar-refractivity contribution in [2.24, 2.45) is 16.7 Å². The zero-order valence-corrected chi connectivity index (χ0v) is 11.5. The Kier molecular flexibility index (Phi) is 2.84. The van der Waals surface area contributed by atoms with Gasteiger partial charge in [0.1, 0.15) is 12.1 Å². The Balaban J connectivity index is 2.37. The molecule has 2 saturated carbocycles. The standard InChI is InChI=1S/C15H20O3/c1-9(8-16)13-12(18)7-15(13,4)10-5-14(2,3)6-11(10)17/h8,10H,5-7H2,1-4H3/b13-9-/t10?,15-/m1/s1. The van der Waals surface area contributed by atoms with Crippen LogP contribution in [-0.2, 0) is 14.4 Å². The third-order valence-electron chi connectivity index (χ3n) is 4.52. The number of hydrogen-bond acceptors (Lipinski definition) is 3. The molecule has 0 aromatic carbocycles. The third-order valence-corrected chi connectivity index (χ3v) is 4.52. The number of allylic oxidation sites excluding steroid dienone is 2. The summed E-state index contributed by atoms with van der Waals surface area (Å²) < 4.78 is 0. The van der Waals surface area contributed by atoms with Gasteiger partial charge in [0.05, 0.1) is 0 Å². The maximum Gasteiger partial charge on any atom is 0.160 e. The van der Waals surface area contributed by atoms with Crippen LogP contribution in [0.2, 0.25) is 0 Å². The van der Waals surface area contributed by atoms with Crippen molar-refractivity contribution in [3.05, 3.63) is 11.1 Å². The number of aldehydes is 1. The molecule has 0 bridgehead atoms. The first-order chi connectivity index (χ1) is 8.21. The maximum absolute atomic E-state index is 12.2. The lowest BCUT2D eigenvalue weighted by Gasteiger charge is -2.45. The van der Waals surface area contributed by atoms with Crippen LogP contribution in [0.4, 0.5) is 0 Å². The van der Waals surface area contributed by atoms with Gasteiger partial charge >= 0.3 is 0 Å². The van der Waals surface area contributed by atoms with Crippen molar-refractivity contribution in [3.63, 3.8) is 0 Å². The molecule has 3 heteroatoms. The average molecular weight is 248 g/mol. The molecule has 0 N–H and O–H groups in total. The molecule has 0 spiro atoms. The van der Waals surface area contributed by atoms with Gasteiger partial charge in [0, 0.05) is 29.7 Å². The number of Topliss-reactive ketones (excluding diaryl/α,β-unsaturated/α-hetero) is 2. The quantitative estimate of drug-likeness (QED) is 0.557. The summed E-state index contributed by atoms with van der Waals surface area (Å²) in [5, 5.41) is 0. The minimum atomic E-state index is -0.410. The van der Waals surface area contributed by atoms with Crippen LogP contribution in [0.3, 0.4) is 0 Å². The molecular weight excluding hydrogens is 228 g/mol. The van der Waals surface area contributed by atoms with Crippen molar-refractivity contribution in [3.8, 4) is 0 Å². The first-order valence-electron chi connectivity index (χ1n) is 6.44. The van der Waals surface area contributed by atoms with Gasteiger partial charge in [0.15, 0.2) is 5.78 Å². The second-order valence-electron chi connectivity index (χ2n) is 6.76. The van der Waals surface area contributed by atoms with E-state index in [1.807, 2.05) is 6.92 Å². The van der Waals surface area contributed by atoms with Crippen LogP contribution in [0.15, 0.2) is 11.1 Å². The molecule has 0 saturated heterocycles. The molecule has 0 amide bonds. The topological polar surface area (TPSA) is 51.2 Å². The van der Waals surface area contributed by atoms with E-state index >= 15 is 0 Å². The Morgan fingerprint density at radius 1 is 1.22 bits per heavy atom. The third kappa shape index (κ3) is 1.76. The zero-order chi connectivity index (χ0) is 13.7. The number of carbonyl (C=O) groups is 3. The molecule has 2 rings (SSSR count). The highest BCUT2D eigenvalue weighted by atomic mass is 16.1. The van der Waals surface area contributed by atoms with Crippen LogP contribution in [-0.4, -0.2) is 17.9 Å². The molecule has 2 aliphatic carbocycles. The molecule has 1 unspecified atom stereocenters. The zero-order valence-electron chi connectivity index (χ0n) is 11.5. The van der Waals surface area contributed by atoms with Gasteiger partial charge in [-0.25, -0.2) is 0 Å². The monoisotopic (exact) mass is 248 g/mol. The number of rotatable bonds is 2. The average Bonchev–Trinajstić information content (AvgIpc) is 2.51. The van der Waals surface area contributed by atoms with Gasteiger partial charge in [-0.2, -0.15) is 0 Å².